The van der Waals surface area contributed by atoms with Crippen molar-refractivity contribution in [3.63, 3.8) is 0 Å². The second kappa shape index (κ2) is 5.75. The highest BCUT2D eigenvalue weighted by Gasteiger charge is 2.49. The van der Waals surface area contributed by atoms with E-state index in [1.807, 2.05) is 6.92 Å². The largest absolute Gasteiger partial charge is 0.464 e. The van der Waals surface area contributed by atoms with E-state index in [4.69, 9.17) is 4.74 Å². The lowest BCUT2D eigenvalue weighted by atomic mass is 9.64. The molecule has 0 amide bonds. The Kier molecular flexibility index (Phi) is 4.23. The van der Waals surface area contributed by atoms with Crippen molar-refractivity contribution in [2.45, 2.75) is 39.3 Å². The molecule has 1 saturated carbocycles. The molecule has 2 atom stereocenters. The van der Waals surface area contributed by atoms with Gasteiger partial charge in [0.25, 0.3) is 0 Å². The monoisotopic (exact) mass is 279 g/mol. The molecule has 2 rings (SSSR count). The molecule has 6 nitrogen and oxygen atoms in total. The van der Waals surface area contributed by atoms with Gasteiger partial charge in [-0.1, -0.05) is 13.8 Å². The molecule has 1 aromatic heterocycles. The number of ether oxygens (including phenoxy) is 2. The van der Waals surface area contributed by atoms with Crippen molar-refractivity contribution in [3.8, 4) is 0 Å². The summed E-state index contributed by atoms with van der Waals surface area (Å²) in [6.07, 6.45) is 4.18. The van der Waals surface area contributed by atoms with Crippen LogP contribution in [0.4, 0.5) is 5.82 Å². The molecular formula is C14H21N3O3. The SMILES string of the molecule is CCOC1CC(Nc2cncc(C(=O)OC)n2)C1(C)C. The fourth-order valence-electron chi connectivity index (χ4n) is 2.43. The minimum Gasteiger partial charge on any atom is -0.464 e. The molecule has 20 heavy (non-hydrogen) atoms. The van der Waals surface area contributed by atoms with Crippen LogP contribution in [-0.2, 0) is 9.47 Å². The number of esters is 1. The number of methoxy groups -OCH3 is 1. The van der Waals surface area contributed by atoms with Crippen LogP contribution in [0.1, 0.15) is 37.7 Å². The van der Waals surface area contributed by atoms with Crippen LogP contribution in [0, 0.1) is 5.41 Å². The van der Waals surface area contributed by atoms with E-state index < -0.39 is 5.97 Å². The summed E-state index contributed by atoms with van der Waals surface area (Å²) in [5, 5.41) is 3.31. The summed E-state index contributed by atoms with van der Waals surface area (Å²) in [5.41, 5.74) is 0.231. The molecule has 0 bridgehead atoms. The molecule has 1 heterocycles. The number of hydrogen-bond donors (Lipinski definition) is 1. The van der Waals surface area contributed by atoms with Gasteiger partial charge in [-0.15, -0.1) is 0 Å². The third-order valence-electron chi connectivity index (χ3n) is 3.90. The van der Waals surface area contributed by atoms with Crippen LogP contribution in [0.25, 0.3) is 0 Å². The zero-order valence-corrected chi connectivity index (χ0v) is 12.3. The Morgan fingerprint density at radius 1 is 1.50 bits per heavy atom. The zero-order chi connectivity index (χ0) is 14.8. The number of carbonyl (C=O) groups excluding carboxylic acids is 1. The van der Waals surface area contributed by atoms with Crippen molar-refractivity contribution in [1.29, 1.82) is 0 Å². The first-order valence-electron chi connectivity index (χ1n) is 6.77. The lowest BCUT2D eigenvalue weighted by Crippen LogP contribution is -2.58. The van der Waals surface area contributed by atoms with Gasteiger partial charge in [0, 0.05) is 18.1 Å². The maximum atomic E-state index is 11.4. The maximum absolute atomic E-state index is 11.4. The minimum absolute atomic E-state index is 0.0267. The Hall–Kier alpha value is -1.69. The number of nitrogens with one attached hydrogen (secondary N) is 1. The molecule has 6 heteroatoms. The molecule has 2 unspecified atom stereocenters. The van der Waals surface area contributed by atoms with Gasteiger partial charge in [0.05, 0.1) is 25.6 Å². The maximum Gasteiger partial charge on any atom is 0.358 e. The van der Waals surface area contributed by atoms with Gasteiger partial charge in [-0.3, -0.25) is 4.98 Å². The van der Waals surface area contributed by atoms with Crippen LogP contribution >= 0.6 is 0 Å². The summed E-state index contributed by atoms with van der Waals surface area (Å²) in [7, 11) is 1.33. The zero-order valence-electron chi connectivity index (χ0n) is 12.3. The summed E-state index contributed by atoms with van der Waals surface area (Å²) in [6.45, 7) is 7.04. The Morgan fingerprint density at radius 3 is 2.85 bits per heavy atom. The highest BCUT2D eigenvalue weighted by atomic mass is 16.5. The van der Waals surface area contributed by atoms with E-state index in [0.29, 0.717) is 5.82 Å². The second-order valence-corrected chi connectivity index (χ2v) is 5.48. The van der Waals surface area contributed by atoms with Gasteiger partial charge in [-0.2, -0.15) is 0 Å². The van der Waals surface area contributed by atoms with Crippen LogP contribution < -0.4 is 5.32 Å². The van der Waals surface area contributed by atoms with Gasteiger partial charge >= 0.3 is 5.97 Å². The van der Waals surface area contributed by atoms with Gasteiger partial charge in [0.15, 0.2) is 5.69 Å². The fourth-order valence-corrected chi connectivity index (χ4v) is 2.43. The van der Waals surface area contributed by atoms with Gasteiger partial charge < -0.3 is 14.8 Å². The Balaban J connectivity index is 2.03. The molecule has 1 aliphatic carbocycles. The molecule has 0 saturated heterocycles. The number of nitrogens with zero attached hydrogens (tertiary/aromatic N) is 2. The predicted octanol–water partition coefficient (Wildman–Crippen LogP) is 1.88. The molecule has 1 N–H and O–H groups in total. The Labute approximate surface area is 118 Å². The summed E-state index contributed by atoms with van der Waals surface area (Å²) >= 11 is 0. The van der Waals surface area contributed by atoms with E-state index in [-0.39, 0.29) is 23.3 Å². The van der Waals surface area contributed by atoms with E-state index >= 15 is 0 Å². The van der Waals surface area contributed by atoms with Crippen LogP contribution in [0.3, 0.4) is 0 Å². The fraction of sp³-hybridized carbons (Fsp3) is 0.643. The van der Waals surface area contributed by atoms with Crippen molar-refractivity contribution in [1.82, 2.24) is 9.97 Å². The van der Waals surface area contributed by atoms with E-state index in [1.165, 1.54) is 13.3 Å². The first-order chi connectivity index (χ1) is 9.48. The van der Waals surface area contributed by atoms with Crippen molar-refractivity contribution < 1.29 is 14.3 Å². The van der Waals surface area contributed by atoms with Crippen molar-refractivity contribution in [2.75, 3.05) is 19.0 Å². The third kappa shape index (κ3) is 2.75. The second-order valence-electron chi connectivity index (χ2n) is 5.48. The predicted molar refractivity (Wildman–Crippen MR) is 74.6 cm³/mol. The lowest BCUT2D eigenvalue weighted by molar-refractivity contribution is -0.0976. The Morgan fingerprint density at radius 2 is 2.25 bits per heavy atom. The van der Waals surface area contributed by atoms with Crippen molar-refractivity contribution in [3.05, 3.63) is 18.1 Å². The quantitative estimate of drug-likeness (QED) is 0.830. The molecule has 0 spiro atoms. The smallest absolute Gasteiger partial charge is 0.358 e. The Bertz CT molecular complexity index is 490. The molecule has 1 aliphatic rings. The van der Waals surface area contributed by atoms with Crippen LogP contribution in [0.5, 0.6) is 0 Å². The van der Waals surface area contributed by atoms with Gasteiger partial charge in [-0.05, 0) is 13.3 Å². The summed E-state index contributed by atoms with van der Waals surface area (Å²) in [4.78, 5) is 19.7. The standard InChI is InChI=1S/C14H21N3O3/c1-5-20-11-6-10(14(11,2)3)17-12-8-15-7-9(16-12)13(18)19-4/h7-8,10-11H,5-6H2,1-4H3,(H,16,17). The summed E-state index contributed by atoms with van der Waals surface area (Å²) in [6, 6.07) is 0.251. The van der Waals surface area contributed by atoms with Crippen LogP contribution in [-0.4, -0.2) is 41.8 Å². The first-order valence-corrected chi connectivity index (χ1v) is 6.77. The number of aromatic nitrogens is 2. The van der Waals surface area contributed by atoms with E-state index in [2.05, 4.69) is 33.9 Å². The average molecular weight is 279 g/mol. The number of anilines is 1. The minimum atomic E-state index is -0.485. The highest BCUT2D eigenvalue weighted by Crippen LogP contribution is 2.44. The molecule has 1 aromatic rings. The summed E-state index contributed by atoms with van der Waals surface area (Å²) < 4.78 is 10.3. The number of rotatable bonds is 5. The van der Waals surface area contributed by atoms with Gasteiger partial charge in [0.2, 0.25) is 0 Å². The van der Waals surface area contributed by atoms with E-state index in [0.717, 1.165) is 13.0 Å². The number of hydrogen-bond acceptors (Lipinski definition) is 6. The van der Waals surface area contributed by atoms with E-state index in [9.17, 15) is 4.79 Å². The topological polar surface area (TPSA) is 73.3 Å². The van der Waals surface area contributed by atoms with E-state index in [1.54, 1.807) is 6.20 Å². The first kappa shape index (κ1) is 14.7. The molecule has 1 fully saturated rings. The molecule has 0 aliphatic heterocycles. The molecule has 0 aromatic carbocycles. The van der Waals surface area contributed by atoms with Crippen molar-refractivity contribution in [2.24, 2.45) is 5.41 Å². The molecular weight excluding hydrogens is 258 g/mol. The van der Waals surface area contributed by atoms with Crippen LogP contribution in [0.15, 0.2) is 12.4 Å². The van der Waals surface area contributed by atoms with Gasteiger partial charge in [0.1, 0.15) is 5.82 Å². The van der Waals surface area contributed by atoms with Crippen LogP contribution in [0.2, 0.25) is 0 Å². The average Bonchev–Trinajstić information content (AvgIpc) is 2.45. The summed E-state index contributed by atoms with van der Waals surface area (Å²) in [5.74, 6) is 0.0992. The normalized spacial score (nSPS) is 23.8. The third-order valence-corrected chi connectivity index (χ3v) is 3.90. The van der Waals surface area contributed by atoms with Crippen molar-refractivity contribution >= 4 is 11.8 Å². The molecule has 110 valence electrons. The molecule has 0 radical (unpaired) electrons. The number of carbonyl (C=O) groups is 1. The lowest BCUT2D eigenvalue weighted by Gasteiger charge is -2.51. The highest BCUT2D eigenvalue weighted by molar-refractivity contribution is 5.87. The van der Waals surface area contributed by atoms with Gasteiger partial charge in [-0.25, -0.2) is 9.78 Å².